The van der Waals surface area contributed by atoms with Crippen LogP contribution in [0.15, 0.2) is 104 Å². The van der Waals surface area contributed by atoms with Gasteiger partial charge in [-0.15, -0.1) is 0 Å². The Morgan fingerprint density at radius 1 is 0.889 bits per heavy atom. The van der Waals surface area contributed by atoms with Crippen molar-refractivity contribution in [1.82, 2.24) is 14.9 Å². The van der Waals surface area contributed by atoms with Crippen LogP contribution in [0.4, 0.5) is 4.79 Å². The number of ether oxygens (including phenoxy) is 1. The van der Waals surface area contributed by atoms with E-state index in [1.165, 1.54) is 0 Å². The molecule has 6 nitrogen and oxygen atoms in total. The van der Waals surface area contributed by atoms with Gasteiger partial charge in [0.1, 0.15) is 11.1 Å². The van der Waals surface area contributed by atoms with Gasteiger partial charge in [0.2, 0.25) is 0 Å². The molecule has 1 atom stereocenters. The molecule has 4 rings (SSSR count). The van der Waals surface area contributed by atoms with Crippen molar-refractivity contribution in [2.45, 2.75) is 44.4 Å². The molecule has 0 aliphatic carbocycles. The number of amides is 1. The van der Waals surface area contributed by atoms with Gasteiger partial charge in [-0.1, -0.05) is 91.0 Å². The van der Waals surface area contributed by atoms with E-state index >= 15 is 0 Å². The van der Waals surface area contributed by atoms with E-state index in [4.69, 9.17) is 4.74 Å². The van der Waals surface area contributed by atoms with Crippen LogP contribution < -0.4 is 5.32 Å². The molecule has 0 aliphatic heterocycles. The maximum atomic E-state index is 12.3. The predicted octanol–water partition coefficient (Wildman–Crippen LogP) is 5.15. The second-order valence-corrected chi connectivity index (χ2v) is 9.81. The maximum Gasteiger partial charge on any atom is 0.407 e. The quantitative estimate of drug-likeness (QED) is 0.340. The van der Waals surface area contributed by atoms with Gasteiger partial charge in [-0.05, 0) is 37.5 Å². The minimum Gasteiger partial charge on any atom is -0.444 e. The van der Waals surface area contributed by atoms with Crippen LogP contribution >= 0.6 is 0 Å². The average molecular weight is 484 g/mol. The summed E-state index contributed by atoms with van der Waals surface area (Å²) < 4.78 is 7.47. The van der Waals surface area contributed by atoms with Gasteiger partial charge in [0.05, 0.1) is 24.7 Å². The van der Waals surface area contributed by atoms with Crippen molar-refractivity contribution in [2.24, 2.45) is 0 Å². The van der Waals surface area contributed by atoms with Crippen molar-refractivity contribution in [2.75, 3.05) is 6.61 Å². The van der Waals surface area contributed by atoms with Crippen LogP contribution in [0.3, 0.4) is 0 Å². The number of nitrogens with zero attached hydrogens (tertiary/aromatic N) is 2. The average Bonchev–Trinajstić information content (AvgIpc) is 3.33. The zero-order valence-electron chi connectivity index (χ0n) is 21.0. The molecule has 1 unspecified atom stereocenters. The van der Waals surface area contributed by atoms with Crippen LogP contribution in [-0.4, -0.2) is 39.0 Å². The normalized spacial score (nSPS) is 12.7. The van der Waals surface area contributed by atoms with Crippen LogP contribution in [0.1, 0.15) is 43.2 Å². The first-order valence-corrected chi connectivity index (χ1v) is 12.1. The highest BCUT2D eigenvalue weighted by Crippen LogP contribution is 2.40. The number of hydrogen-bond acceptors (Lipinski definition) is 4. The van der Waals surface area contributed by atoms with E-state index in [9.17, 15) is 9.90 Å². The first-order chi connectivity index (χ1) is 17.3. The van der Waals surface area contributed by atoms with E-state index in [-0.39, 0.29) is 6.61 Å². The summed E-state index contributed by atoms with van der Waals surface area (Å²) in [6, 6.07) is 30.5. The molecule has 1 heterocycles. The molecule has 6 heteroatoms. The molecule has 186 valence electrons. The van der Waals surface area contributed by atoms with Gasteiger partial charge in [-0.25, -0.2) is 9.78 Å². The molecule has 0 radical (unpaired) electrons. The van der Waals surface area contributed by atoms with E-state index in [2.05, 4.69) is 51.3 Å². The lowest BCUT2D eigenvalue weighted by Crippen LogP contribution is -2.42. The van der Waals surface area contributed by atoms with Gasteiger partial charge in [0, 0.05) is 12.6 Å². The Hall–Kier alpha value is -3.90. The lowest BCUT2D eigenvalue weighted by molar-refractivity contribution is 0.0482. The van der Waals surface area contributed by atoms with Crippen LogP contribution in [-0.2, 0) is 16.7 Å². The second kappa shape index (κ2) is 10.8. The van der Waals surface area contributed by atoms with Gasteiger partial charge in [-0.2, -0.15) is 0 Å². The standard InChI is InChI=1S/C30H33N3O3/c1-29(2,3)36-28(35)32-27(21-34)19-26-20-33(22-31-26)30(23-13-7-4-8-14-23,24-15-9-5-10-16-24)25-17-11-6-12-18-25/h4-18,20,22,27,34H,19,21H2,1-3H3,(H,32,35). The molecular formula is C30H33N3O3. The van der Waals surface area contributed by atoms with Crippen molar-refractivity contribution in [3.63, 3.8) is 0 Å². The van der Waals surface area contributed by atoms with Crippen LogP contribution in [0.25, 0.3) is 0 Å². The third-order valence-electron chi connectivity index (χ3n) is 5.99. The fraction of sp³-hybridized carbons (Fsp3) is 0.267. The van der Waals surface area contributed by atoms with E-state index in [1.54, 1.807) is 20.8 Å². The summed E-state index contributed by atoms with van der Waals surface area (Å²) in [5, 5.41) is 12.7. The summed E-state index contributed by atoms with van der Waals surface area (Å²) in [4.78, 5) is 17.0. The largest absolute Gasteiger partial charge is 0.444 e. The number of nitrogens with one attached hydrogen (secondary N) is 1. The Morgan fingerprint density at radius 2 is 1.36 bits per heavy atom. The molecule has 0 bridgehead atoms. The van der Waals surface area contributed by atoms with E-state index < -0.39 is 23.3 Å². The highest BCUT2D eigenvalue weighted by Gasteiger charge is 2.38. The maximum absolute atomic E-state index is 12.3. The smallest absolute Gasteiger partial charge is 0.407 e. The molecule has 1 amide bonds. The van der Waals surface area contributed by atoms with E-state index in [0.29, 0.717) is 6.42 Å². The molecule has 36 heavy (non-hydrogen) atoms. The summed E-state index contributed by atoms with van der Waals surface area (Å²) in [6.45, 7) is 5.18. The molecule has 0 saturated carbocycles. The van der Waals surface area contributed by atoms with Crippen molar-refractivity contribution in [3.05, 3.63) is 126 Å². The molecule has 0 fully saturated rings. The number of carbonyl (C=O) groups is 1. The van der Waals surface area contributed by atoms with Gasteiger partial charge < -0.3 is 19.7 Å². The van der Waals surface area contributed by atoms with Gasteiger partial charge >= 0.3 is 6.09 Å². The van der Waals surface area contributed by atoms with Crippen molar-refractivity contribution >= 4 is 6.09 Å². The summed E-state index contributed by atoms with van der Waals surface area (Å²) in [5.41, 5.74) is 2.75. The van der Waals surface area contributed by atoms with Crippen molar-refractivity contribution in [3.8, 4) is 0 Å². The number of benzene rings is 3. The number of rotatable bonds is 8. The lowest BCUT2D eigenvalue weighted by atomic mass is 9.77. The molecule has 2 N–H and O–H groups in total. The summed E-state index contributed by atoms with van der Waals surface area (Å²) in [7, 11) is 0. The number of hydrogen-bond donors (Lipinski definition) is 2. The van der Waals surface area contributed by atoms with Gasteiger partial charge in [-0.3, -0.25) is 0 Å². The van der Waals surface area contributed by atoms with Crippen LogP contribution in [0.5, 0.6) is 0 Å². The minimum absolute atomic E-state index is 0.229. The van der Waals surface area contributed by atoms with Crippen LogP contribution in [0.2, 0.25) is 0 Å². The highest BCUT2D eigenvalue weighted by molar-refractivity contribution is 5.68. The zero-order chi connectivity index (χ0) is 25.6. The molecule has 0 spiro atoms. The first kappa shape index (κ1) is 25.2. The number of aliphatic hydroxyl groups excluding tert-OH is 1. The summed E-state index contributed by atoms with van der Waals surface area (Å²) in [5.74, 6) is 0. The lowest BCUT2D eigenvalue weighted by Gasteiger charge is -2.37. The molecule has 0 aliphatic rings. The molecule has 3 aromatic carbocycles. The number of alkyl carbamates (subject to hydrolysis) is 1. The second-order valence-electron chi connectivity index (χ2n) is 9.81. The third kappa shape index (κ3) is 5.50. The van der Waals surface area contributed by atoms with E-state index in [0.717, 1.165) is 22.4 Å². The molecular weight excluding hydrogens is 450 g/mol. The SMILES string of the molecule is CC(C)(C)OC(=O)NC(CO)Cc1cn(C(c2ccccc2)(c2ccccc2)c2ccccc2)cn1. The summed E-state index contributed by atoms with van der Waals surface area (Å²) in [6.07, 6.45) is 3.61. The minimum atomic E-state index is -0.664. The fourth-order valence-electron chi connectivity index (χ4n) is 4.53. The van der Waals surface area contributed by atoms with Gasteiger partial charge in [0.15, 0.2) is 0 Å². The number of carbonyl (C=O) groups excluding carboxylic acids is 1. The van der Waals surface area contributed by atoms with Gasteiger partial charge in [0.25, 0.3) is 0 Å². The third-order valence-corrected chi connectivity index (χ3v) is 5.99. The predicted molar refractivity (Wildman–Crippen MR) is 141 cm³/mol. The fourth-order valence-corrected chi connectivity index (χ4v) is 4.53. The topological polar surface area (TPSA) is 76.4 Å². The monoisotopic (exact) mass is 483 g/mol. The summed E-state index contributed by atoms with van der Waals surface area (Å²) >= 11 is 0. The van der Waals surface area contributed by atoms with Crippen LogP contribution in [0, 0.1) is 0 Å². The number of imidazole rings is 1. The highest BCUT2D eigenvalue weighted by atomic mass is 16.6. The first-order valence-electron chi connectivity index (χ1n) is 12.1. The van der Waals surface area contributed by atoms with E-state index in [1.807, 2.05) is 67.1 Å². The zero-order valence-corrected chi connectivity index (χ0v) is 21.0. The Labute approximate surface area is 212 Å². The molecule has 4 aromatic rings. The van der Waals surface area contributed by atoms with Crippen molar-refractivity contribution in [1.29, 1.82) is 0 Å². The Bertz CT molecular complexity index is 1150. The molecule has 0 saturated heterocycles. The number of aromatic nitrogens is 2. The number of aliphatic hydroxyl groups is 1. The Balaban J connectivity index is 1.76. The van der Waals surface area contributed by atoms with Crippen molar-refractivity contribution < 1.29 is 14.6 Å². The Kier molecular flexibility index (Phi) is 7.55. The Morgan fingerprint density at radius 3 is 1.78 bits per heavy atom. The molecule has 1 aromatic heterocycles.